The maximum absolute atomic E-state index is 11.8. The molecule has 7 heteroatoms. The highest BCUT2D eigenvalue weighted by Crippen LogP contribution is 2.22. The quantitative estimate of drug-likeness (QED) is 0.421. The molecule has 0 bridgehead atoms. The van der Waals surface area contributed by atoms with Crippen LogP contribution in [-0.2, 0) is 9.53 Å². The van der Waals surface area contributed by atoms with Gasteiger partial charge >= 0.3 is 0 Å². The first-order chi connectivity index (χ1) is 8.65. The van der Waals surface area contributed by atoms with E-state index in [2.05, 4.69) is 5.32 Å². The number of nitrogens with one attached hydrogen (secondary N) is 1. The molecular weight excluding hydrogens is 254 g/mol. The zero-order valence-electron chi connectivity index (χ0n) is 11.4. The molecule has 0 aromatic carbocycles. The third kappa shape index (κ3) is 4.39. The maximum Gasteiger partial charge on any atom is 0.221 e. The Bertz CT molecular complexity index is 316. The Labute approximate surface area is 112 Å². The zero-order chi connectivity index (χ0) is 14.8. The summed E-state index contributed by atoms with van der Waals surface area (Å²) >= 11 is 0. The molecule has 0 radical (unpaired) electrons. The summed E-state index contributed by atoms with van der Waals surface area (Å²) in [6, 6.07) is -1.12. The fourth-order valence-electron chi connectivity index (χ4n) is 1.97. The predicted octanol–water partition coefficient (Wildman–Crippen LogP) is -1.66. The van der Waals surface area contributed by atoms with E-state index in [9.17, 15) is 20.1 Å². The normalized spacial score (nSPS) is 36.1. The summed E-state index contributed by atoms with van der Waals surface area (Å²) in [7, 11) is 0. The molecule has 1 fully saturated rings. The van der Waals surface area contributed by atoms with Crippen LogP contribution >= 0.6 is 0 Å². The number of aliphatic hydroxyl groups excluding tert-OH is 4. The second kappa shape index (κ2) is 6.15. The average Bonchev–Trinajstić information content (AvgIpc) is 2.27. The van der Waals surface area contributed by atoms with Gasteiger partial charge in [0.1, 0.15) is 24.4 Å². The second-order valence-corrected chi connectivity index (χ2v) is 6.06. The van der Waals surface area contributed by atoms with Crippen molar-refractivity contribution in [1.29, 1.82) is 0 Å². The number of hydrogen-bond donors (Lipinski definition) is 5. The molecule has 0 aliphatic carbocycles. The van der Waals surface area contributed by atoms with Gasteiger partial charge in [-0.1, -0.05) is 20.8 Å². The molecule has 5 atom stereocenters. The molecule has 1 rings (SSSR count). The Morgan fingerprint density at radius 2 is 1.79 bits per heavy atom. The molecule has 1 aliphatic rings. The molecule has 1 aliphatic heterocycles. The van der Waals surface area contributed by atoms with Gasteiger partial charge < -0.3 is 30.5 Å². The van der Waals surface area contributed by atoms with Gasteiger partial charge in [-0.05, 0) is 5.41 Å². The Morgan fingerprint density at radius 3 is 2.26 bits per heavy atom. The highest BCUT2D eigenvalue weighted by molar-refractivity contribution is 5.77. The Balaban J connectivity index is 2.65. The number of ether oxygens (including phenoxy) is 1. The van der Waals surface area contributed by atoms with Gasteiger partial charge in [0.25, 0.3) is 0 Å². The summed E-state index contributed by atoms with van der Waals surface area (Å²) in [5, 5.41) is 40.6. The lowest BCUT2D eigenvalue weighted by atomic mass is 9.91. The topological polar surface area (TPSA) is 119 Å². The molecule has 0 aromatic rings. The first-order valence-corrected chi connectivity index (χ1v) is 6.25. The van der Waals surface area contributed by atoms with E-state index in [1.807, 2.05) is 20.8 Å². The number of carbonyl (C=O) groups is 1. The van der Waals surface area contributed by atoms with Crippen LogP contribution in [0.15, 0.2) is 0 Å². The van der Waals surface area contributed by atoms with E-state index in [1.54, 1.807) is 0 Å². The lowest BCUT2D eigenvalue weighted by Gasteiger charge is -2.40. The fourth-order valence-corrected chi connectivity index (χ4v) is 1.97. The molecule has 1 saturated heterocycles. The van der Waals surface area contributed by atoms with Gasteiger partial charge in [0.2, 0.25) is 5.91 Å². The smallest absolute Gasteiger partial charge is 0.221 e. The summed E-state index contributed by atoms with van der Waals surface area (Å²) in [4.78, 5) is 11.8. The van der Waals surface area contributed by atoms with Gasteiger partial charge in [0.05, 0.1) is 6.61 Å². The van der Waals surface area contributed by atoms with E-state index in [1.165, 1.54) is 0 Å². The van der Waals surface area contributed by atoms with Crippen LogP contribution in [0.3, 0.4) is 0 Å². The SMILES string of the molecule is CC(C)(C)CC(=O)NC1C(O)OC(CO)[C@@H](O)C1O. The molecule has 0 spiro atoms. The van der Waals surface area contributed by atoms with Crippen LogP contribution in [0.5, 0.6) is 0 Å². The summed E-state index contributed by atoms with van der Waals surface area (Å²) in [5.74, 6) is -0.353. The maximum atomic E-state index is 11.8. The van der Waals surface area contributed by atoms with Gasteiger partial charge in [-0.3, -0.25) is 4.79 Å². The van der Waals surface area contributed by atoms with Crippen molar-refractivity contribution in [3.8, 4) is 0 Å². The van der Waals surface area contributed by atoms with E-state index >= 15 is 0 Å². The first-order valence-electron chi connectivity index (χ1n) is 6.25. The Kier molecular flexibility index (Phi) is 5.28. The van der Waals surface area contributed by atoms with Crippen molar-refractivity contribution in [2.45, 2.75) is 57.8 Å². The standard InChI is InChI=1S/C12H23NO6/c1-12(2,3)4-7(15)13-8-10(17)9(16)6(5-14)19-11(8)18/h6,8-11,14,16-18H,4-5H2,1-3H3,(H,13,15)/t6?,8?,9-,10?,11?/m1/s1. The van der Waals surface area contributed by atoms with E-state index in [0.717, 1.165) is 0 Å². The molecular formula is C12H23NO6. The molecule has 7 nitrogen and oxygen atoms in total. The van der Waals surface area contributed by atoms with Gasteiger partial charge in [0.15, 0.2) is 6.29 Å². The minimum atomic E-state index is -1.47. The third-order valence-corrected chi connectivity index (χ3v) is 2.92. The predicted molar refractivity (Wildman–Crippen MR) is 66.0 cm³/mol. The Morgan fingerprint density at radius 1 is 1.21 bits per heavy atom. The molecule has 1 amide bonds. The van der Waals surface area contributed by atoms with Gasteiger partial charge in [-0.2, -0.15) is 0 Å². The molecule has 5 N–H and O–H groups in total. The largest absolute Gasteiger partial charge is 0.394 e. The highest BCUT2D eigenvalue weighted by atomic mass is 16.6. The number of hydrogen-bond acceptors (Lipinski definition) is 6. The summed E-state index contributed by atoms with van der Waals surface area (Å²) < 4.78 is 4.94. The zero-order valence-corrected chi connectivity index (χ0v) is 11.4. The van der Waals surface area contributed by atoms with E-state index in [4.69, 9.17) is 9.84 Å². The third-order valence-electron chi connectivity index (χ3n) is 2.92. The number of rotatable bonds is 3. The van der Waals surface area contributed by atoms with Crippen LogP contribution in [0, 0.1) is 5.41 Å². The number of aliphatic hydroxyl groups is 4. The molecule has 1 heterocycles. The second-order valence-electron chi connectivity index (χ2n) is 6.06. The summed E-state index contributed by atoms with van der Waals surface area (Å²) in [5.41, 5.74) is -0.234. The first kappa shape index (κ1) is 16.3. The molecule has 0 saturated carbocycles. The minimum Gasteiger partial charge on any atom is -0.394 e. The van der Waals surface area contributed by atoms with Crippen LogP contribution in [0.1, 0.15) is 27.2 Å². The van der Waals surface area contributed by atoms with Crippen molar-refractivity contribution in [3.05, 3.63) is 0 Å². The van der Waals surface area contributed by atoms with Crippen LogP contribution in [0.2, 0.25) is 0 Å². The lowest BCUT2D eigenvalue weighted by Crippen LogP contribution is -2.64. The van der Waals surface area contributed by atoms with Crippen molar-refractivity contribution in [2.75, 3.05) is 6.61 Å². The van der Waals surface area contributed by atoms with Crippen molar-refractivity contribution in [1.82, 2.24) is 5.32 Å². The van der Waals surface area contributed by atoms with Crippen LogP contribution in [0.25, 0.3) is 0 Å². The van der Waals surface area contributed by atoms with E-state index in [-0.39, 0.29) is 17.7 Å². The van der Waals surface area contributed by atoms with E-state index in [0.29, 0.717) is 0 Å². The fraction of sp³-hybridized carbons (Fsp3) is 0.917. The molecule has 19 heavy (non-hydrogen) atoms. The van der Waals surface area contributed by atoms with Crippen LogP contribution in [-0.4, -0.2) is 63.6 Å². The van der Waals surface area contributed by atoms with E-state index < -0.39 is 37.3 Å². The van der Waals surface area contributed by atoms with Crippen molar-refractivity contribution in [2.24, 2.45) is 5.41 Å². The molecule has 112 valence electrons. The van der Waals surface area contributed by atoms with Crippen molar-refractivity contribution < 1.29 is 30.0 Å². The molecule has 4 unspecified atom stereocenters. The number of amides is 1. The van der Waals surface area contributed by atoms with Gasteiger partial charge in [0, 0.05) is 6.42 Å². The highest BCUT2D eigenvalue weighted by Gasteiger charge is 2.44. The van der Waals surface area contributed by atoms with Crippen LogP contribution in [0.4, 0.5) is 0 Å². The van der Waals surface area contributed by atoms with Crippen molar-refractivity contribution >= 4 is 5.91 Å². The van der Waals surface area contributed by atoms with Gasteiger partial charge in [-0.15, -0.1) is 0 Å². The monoisotopic (exact) mass is 277 g/mol. The molecule has 0 aromatic heterocycles. The number of carbonyl (C=O) groups excluding carboxylic acids is 1. The van der Waals surface area contributed by atoms with Crippen molar-refractivity contribution in [3.63, 3.8) is 0 Å². The summed E-state index contributed by atoms with van der Waals surface area (Å²) in [6.45, 7) is 5.12. The van der Waals surface area contributed by atoms with Gasteiger partial charge in [-0.25, -0.2) is 0 Å². The summed E-state index contributed by atoms with van der Waals surface area (Å²) in [6.07, 6.45) is -5.10. The lowest BCUT2D eigenvalue weighted by molar-refractivity contribution is -0.254. The van der Waals surface area contributed by atoms with Crippen LogP contribution < -0.4 is 5.32 Å². The minimum absolute atomic E-state index is 0.211. The Hall–Kier alpha value is -0.730. The average molecular weight is 277 g/mol.